The lowest BCUT2D eigenvalue weighted by molar-refractivity contribution is 0.104. The number of carbonyl (C=O) groups excluding carboxylic acids is 1. The van der Waals surface area contributed by atoms with Crippen molar-refractivity contribution in [2.24, 2.45) is 0 Å². The monoisotopic (exact) mass is 285 g/mol. The highest BCUT2D eigenvalue weighted by molar-refractivity contribution is 6.30. The highest BCUT2D eigenvalue weighted by atomic mass is 35.5. The predicted octanol–water partition coefficient (Wildman–Crippen LogP) is 4.71. The van der Waals surface area contributed by atoms with Crippen LogP contribution in [-0.2, 0) is 6.42 Å². The molecule has 0 saturated carbocycles. The Morgan fingerprint density at radius 2 is 1.85 bits per heavy atom. The molecule has 0 aliphatic rings. The van der Waals surface area contributed by atoms with E-state index in [0.29, 0.717) is 10.6 Å². The molecule has 2 nitrogen and oxygen atoms in total. The molecular formula is C17H16ClNO. The fourth-order valence-corrected chi connectivity index (χ4v) is 2.01. The van der Waals surface area contributed by atoms with Crippen molar-refractivity contribution in [1.82, 2.24) is 0 Å². The normalized spacial score (nSPS) is 10.7. The van der Waals surface area contributed by atoms with Crippen LogP contribution in [0.15, 0.2) is 60.8 Å². The van der Waals surface area contributed by atoms with E-state index in [2.05, 4.69) is 18.3 Å². The van der Waals surface area contributed by atoms with Crippen LogP contribution in [0, 0.1) is 0 Å². The van der Waals surface area contributed by atoms with Gasteiger partial charge in [0.15, 0.2) is 5.78 Å². The van der Waals surface area contributed by atoms with Crippen LogP contribution in [0.5, 0.6) is 0 Å². The van der Waals surface area contributed by atoms with E-state index in [-0.39, 0.29) is 5.78 Å². The number of para-hydroxylation sites is 1. The molecule has 2 rings (SSSR count). The van der Waals surface area contributed by atoms with Crippen molar-refractivity contribution in [3.63, 3.8) is 0 Å². The van der Waals surface area contributed by atoms with Crippen LogP contribution in [0.3, 0.4) is 0 Å². The van der Waals surface area contributed by atoms with Crippen LogP contribution >= 0.6 is 11.6 Å². The smallest absolute Gasteiger partial charge is 0.187 e. The Bertz CT molecular complexity index is 617. The predicted molar refractivity (Wildman–Crippen MR) is 84.4 cm³/mol. The molecule has 1 N–H and O–H groups in total. The first kappa shape index (κ1) is 14.4. The molecule has 20 heavy (non-hydrogen) atoms. The van der Waals surface area contributed by atoms with Gasteiger partial charge < -0.3 is 5.32 Å². The van der Waals surface area contributed by atoms with Gasteiger partial charge in [-0.3, -0.25) is 4.79 Å². The van der Waals surface area contributed by atoms with E-state index in [4.69, 9.17) is 11.6 Å². The first-order chi connectivity index (χ1) is 9.70. The third-order valence-corrected chi connectivity index (χ3v) is 3.25. The summed E-state index contributed by atoms with van der Waals surface area (Å²) in [6, 6.07) is 14.9. The lowest BCUT2D eigenvalue weighted by atomic mass is 10.1. The Kier molecular flexibility index (Phi) is 4.97. The van der Waals surface area contributed by atoms with E-state index < -0.39 is 0 Å². The van der Waals surface area contributed by atoms with Crippen molar-refractivity contribution in [3.05, 3.63) is 77.0 Å². The number of hydrogen-bond donors (Lipinski definition) is 1. The van der Waals surface area contributed by atoms with Crippen molar-refractivity contribution in [2.45, 2.75) is 13.3 Å². The summed E-state index contributed by atoms with van der Waals surface area (Å²) in [5.74, 6) is -0.0526. The molecule has 2 aromatic carbocycles. The molecule has 0 bridgehead atoms. The number of halogens is 1. The highest BCUT2D eigenvalue weighted by Gasteiger charge is 2.01. The van der Waals surface area contributed by atoms with Gasteiger partial charge in [0.25, 0.3) is 0 Å². The van der Waals surface area contributed by atoms with Gasteiger partial charge >= 0.3 is 0 Å². The number of carbonyl (C=O) groups is 1. The molecule has 0 spiro atoms. The lowest BCUT2D eigenvalue weighted by Gasteiger charge is -2.06. The fraction of sp³-hybridized carbons (Fsp3) is 0.118. The summed E-state index contributed by atoms with van der Waals surface area (Å²) < 4.78 is 0. The minimum atomic E-state index is -0.0526. The van der Waals surface area contributed by atoms with E-state index in [1.807, 2.05) is 18.2 Å². The Hall–Kier alpha value is -2.06. The molecular weight excluding hydrogens is 270 g/mol. The van der Waals surface area contributed by atoms with Crippen molar-refractivity contribution in [2.75, 3.05) is 5.32 Å². The van der Waals surface area contributed by atoms with Gasteiger partial charge in [0.1, 0.15) is 0 Å². The summed E-state index contributed by atoms with van der Waals surface area (Å²) in [6.45, 7) is 2.10. The van der Waals surface area contributed by atoms with E-state index >= 15 is 0 Å². The zero-order chi connectivity index (χ0) is 14.4. The van der Waals surface area contributed by atoms with Crippen molar-refractivity contribution < 1.29 is 4.79 Å². The van der Waals surface area contributed by atoms with Crippen LogP contribution in [0.25, 0.3) is 0 Å². The van der Waals surface area contributed by atoms with E-state index in [0.717, 1.165) is 12.1 Å². The van der Waals surface area contributed by atoms with Crippen LogP contribution in [0.4, 0.5) is 5.69 Å². The lowest BCUT2D eigenvalue weighted by Crippen LogP contribution is -1.97. The minimum absolute atomic E-state index is 0.0526. The van der Waals surface area contributed by atoms with Gasteiger partial charge in [-0.05, 0) is 42.3 Å². The maximum Gasteiger partial charge on any atom is 0.187 e. The number of aryl methyl sites for hydroxylation is 1. The topological polar surface area (TPSA) is 29.1 Å². The zero-order valence-electron chi connectivity index (χ0n) is 11.3. The Morgan fingerprint density at radius 1 is 1.15 bits per heavy atom. The SMILES string of the molecule is CCc1ccccc1NC=CC(=O)c1ccc(Cl)cc1. The Labute approximate surface area is 124 Å². The Morgan fingerprint density at radius 3 is 2.55 bits per heavy atom. The van der Waals surface area contributed by atoms with Gasteiger partial charge in [0, 0.05) is 28.5 Å². The van der Waals surface area contributed by atoms with E-state index in [1.54, 1.807) is 30.5 Å². The second-order valence-electron chi connectivity index (χ2n) is 4.36. The van der Waals surface area contributed by atoms with Gasteiger partial charge in [0.2, 0.25) is 0 Å². The van der Waals surface area contributed by atoms with Crippen molar-refractivity contribution in [3.8, 4) is 0 Å². The number of ketones is 1. The number of benzene rings is 2. The largest absolute Gasteiger partial charge is 0.361 e. The standard InChI is InChI=1S/C17H16ClNO/c1-2-13-5-3-4-6-16(13)19-12-11-17(20)14-7-9-15(18)10-8-14/h3-12,19H,2H2,1H3. The summed E-state index contributed by atoms with van der Waals surface area (Å²) in [5, 5.41) is 3.77. The molecule has 0 fully saturated rings. The maximum atomic E-state index is 11.9. The molecule has 2 aromatic rings. The quantitative estimate of drug-likeness (QED) is 0.637. The van der Waals surface area contributed by atoms with Gasteiger partial charge in [-0.25, -0.2) is 0 Å². The van der Waals surface area contributed by atoms with Gasteiger partial charge in [-0.15, -0.1) is 0 Å². The Balaban J connectivity index is 2.03. The molecule has 0 amide bonds. The first-order valence-corrected chi connectivity index (χ1v) is 6.89. The molecule has 0 radical (unpaired) electrons. The molecule has 0 aliphatic heterocycles. The number of nitrogens with one attached hydrogen (secondary N) is 1. The van der Waals surface area contributed by atoms with Gasteiger partial charge in [-0.2, -0.15) is 0 Å². The van der Waals surface area contributed by atoms with Crippen LogP contribution in [0.2, 0.25) is 5.02 Å². The maximum absolute atomic E-state index is 11.9. The number of anilines is 1. The highest BCUT2D eigenvalue weighted by Crippen LogP contribution is 2.15. The summed E-state index contributed by atoms with van der Waals surface area (Å²) in [6.07, 6.45) is 4.14. The molecule has 0 atom stereocenters. The molecule has 0 aliphatic carbocycles. The van der Waals surface area contributed by atoms with Gasteiger partial charge in [0.05, 0.1) is 0 Å². The average molecular weight is 286 g/mol. The van der Waals surface area contributed by atoms with Crippen LogP contribution in [-0.4, -0.2) is 5.78 Å². The summed E-state index contributed by atoms with van der Waals surface area (Å²) in [4.78, 5) is 11.9. The van der Waals surface area contributed by atoms with E-state index in [1.165, 1.54) is 11.6 Å². The zero-order valence-corrected chi connectivity index (χ0v) is 12.0. The van der Waals surface area contributed by atoms with Crippen molar-refractivity contribution >= 4 is 23.1 Å². The second-order valence-corrected chi connectivity index (χ2v) is 4.80. The molecule has 3 heteroatoms. The van der Waals surface area contributed by atoms with Crippen LogP contribution in [0.1, 0.15) is 22.8 Å². The summed E-state index contributed by atoms with van der Waals surface area (Å²) in [5.41, 5.74) is 2.86. The number of rotatable bonds is 5. The summed E-state index contributed by atoms with van der Waals surface area (Å²) in [7, 11) is 0. The minimum Gasteiger partial charge on any atom is -0.361 e. The molecule has 0 unspecified atom stereocenters. The second kappa shape index (κ2) is 6.92. The molecule has 0 saturated heterocycles. The average Bonchev–Trinajstić information content (AvgIpc) is 2.48. The third kappa shape index (κ3) is 3.72. The number of hydrogen-bond acceptors (Lipinski definition) is 2. The summed E-state index contributed by atoms with van der Waals surface area (Å²) >= 11 is 5.79. The molecule has 0 aromatic heterocycles. The molecule has 102 valence electrons. The third-order valence-electron chi connectivity index (χ3n) is 3.00. The van der Waals surface area contributed by atoms with Crippen LogP contribution < -0.4 is 5.32 Å². The number of allylic oxidation sites excluding steroid dienone is 1. The van der Waals surface area contributed by atoms with Gasteiger partial charge in [-0.1, -0.05) is 36.7 Å². The fourth-order valence-electron chi connectivity index (χ4n) is 1.89. The molecule has 0 heterocycles. The van der Waals surface area contributed by atoms with Crippen molar-refractivity contribution in [1.29, 1.82) is 0 Å². The first-order valence-electron chi connectivity index (χ1n) is 6.51. The van der Waals surface area contributed by atoms with E-state index in [9.17, 15) is 4.79 Å².